The molecule has 1 amide bonds. The van der Waals surface area contributed by atoms with Gasteiger partial charge in [0.05, 0.1) is 6.07 Å². The number of unbranched alkanes of at least 4 members (excludes halogenated alkanes) is 1. The third-order valence-corrected chi connectivity index (χ3v) is 3.05. The zero-order valence-electron chi connectivity index (χ0n) is 10.7. The van der Waals surface area contributed by atoms with Gasteiger partial charge in [0.1, 0.15) is 6.04 Å². The number of hydrogen-bond donors (Lipinski definition) is 0. The number of carbonyl (C=O) groups is 1. The molecule has 0 aliphatic rings. The molecule has 0 heterocycles. The van der Waals surface area contributed by atoms with Crippen LogP contribution in [-0.4, -0.2) is 17.9 Å². The maximum absolute atomic E-state index is 11.9. The molecule has 0 saturated heterocycles. The summed E-state index contributed by atoms with van der Waals surface area (Å²) in [5.74, 6) is -0.0108. The molecule has 1 aromatic carbocycles. The second-order valence-electron chi connectivity index (χ2n) is 4.19. The van der Waals surface area contributed by atoms with Crippen molar-refractivity contribution in [2.45, 2.75) is 32.2 Å². The zero-order valence-corrected chi connectivity index (χ0v) is 11.4. The van der Waals surface area contributed by atoms with E-state index in [9.17, 15) is 10.1 Å². The number of halogens is 1. The molecular weight excluding hydrogens is 248 g/mol. The molecule has 0 aromatic heterocycles. The van der Waals surface area contributed by atoms with Crippen LogP contribution in [0.2, 0.25) is 5.02 Å². The van der Waals surface area contributed by atoms with Crippen LogP contribution < -0.4 is 0 Å². The average Bonchev–Trinajstić information content (AvgIpc) is 2.36. The SMILES string of the molecule is CCCCC(=O)N(C)C(C#N)c1cccc(Cl)c1. The molecule has 1 atom stereocenters. The molecule has 0 spiro atoms. The van der Waals surface area contributed by atoms with Gasteiger partial charge in [-0.1, -0.05) is 37.1 Å². The van der Waals surface area contributed by atoms with E-state index in [-0.39, 0.29) is 5.91 Å². The smallest absolute Gasteiger partial charge is 0.223 e. The number of hydrogen-bond acceptors (Lipinski definition) is 2. The minimum absolute atomic E-state index is 0.0108. The van der Waals surface area contributed by atoms with Gasteiger partial charge in [-0.15, -0.1) is 0 Å². The zero-order chi connectivity index (χ0) is 13.5. The van der Waals surface area contributed by atoms with Crippen LogP contribution in [0.5, 0.6) is 0 Å². The predicted molar refractivity (Wildman–Crippen MR) is 72.1 cm³/mol. The van der Waals surface area contributed by atoms with Crippen molar-refractivity contribution in [3.8, 4) is 6.07 Å². The van der Waals surface area contributed by atoms with Gasteiger partial charge in [-0.3, -0.25) is 4.79 Å². The molecule has 1 unspecified atom stereocenters. The second kappa shape index (κ2) is 7.03. The maximum atomic E-state index is 11.9. The largest absolute Gasteiger partial charge is 0.326 e. The fraction of sp³-hybridized carbons (Fsp3) is 0.429. The number of nitrogens with zero attached hydrogens (tertiary/aromatic N) is 2. The fourth-order valence-electron chi connectivity index (χ4n) is 1.71. The van der Waals surface area contributed by atoms with Gasteiger partial charge in [0, 0.05) is 18.5 Å². The quantitative estimate of drug-likeness (QED) is 0.816. The summed E-state index contributed by atoms with van der Waals surface area (Å²) in [5.41, 5.74) is 0.748. The highest BCUT2D eigenvalue weighted by Crippen LogP contribution is 2.22. The molecule has 3 nitrogen and oxygen atoms in total. The molecule has 0 aliphatic heterocycles. The first-order valence-corrected chi connectivity index (χ1v) is 6.38. The van der Waals surface area contributed by atoms with E-state index in [4.69, 9.17) is 11.6 Å². The number of nitriles is 1. The van der Waals surface area contributed by atoms with Crippen LogP contribution in [0.15, 0.2) is 24.3 Å². The predicted octanol–water partition coefficient (Wildman–Crippen LogP) is 3.55. The highest BCUT2D eigenvalue weighted by atomic mass is 35.5. The summed E-state index contributed by atoms with van der Waals surface area (Å²) in [7, 11) is 1.66. The first-order chi connectivity index (χ1) is 8.60. The van der Waals surface area contributed by atoms with Crippen molar-refractivity contribution >= 4 is 17.5 Å². The number of benzene rings is 1. The van der Waals surface area contributed by atoms with Crippen LogP contribution in [0.1, 0.15) is 37.8 Å². The number of carbonyl (C=O) groups excluding carboxylic acids is 1. The highest BCUT2D eigenvalue weighted by Gasteiger charge is 2.20. The van der Waals surface area contributed by atoms with E-state index in [1.165, 1.54) is 4.90 Å². The Kier molecular flexibility index (Phi) is 5.67. The van der Waals surface area contributed by atoms with Crippen molar-refractivity contribution < 1.29 is 4.79 Å². The lowest BCUT2D eigenvalue weighted by Crippen LogP contribution is -2.30. The van der Waals surface area contributed by atoms with E-state index in [2.05, 4.69) is 6.07 Å². The van der Waals surface area contributed by atoms with Gasteiger partial charge in [-0.25, -0.2) is 0 Å². The Morgan fingerprint density at radius 1 is 1.56 bits per heavy atom. The van der Waals surface area contributed by atoms with Gasteiger partial charge in [-0.2, -0.15) is 5.26 Å². The Balaban J connectivity index is 2.84. The van der Waals surface area contributed by atoms with Crippen molar-refractivity contribution in [3.05, 3.63) is 34.9 Å². The topological polar surface area (TPSA) is 44.1 Å². The van der Waals surface area contributed by atoms with Crippen molar-refractivity contribution in [2.24, 2.45) is 0 Å². The Labute approximate surface area is 113 Å². The van der Waals surface area contributed by atoms with E-state index in [0.29, 0.717) is 11.4 Å². The van der Waals surface area contributed by atoms with Crippen LogP contribution in [0, 0.1) is 11.3 Å². The van der Waals surface area contributed by atoms with Crippen LogP contribution >= 0.6 is 11.6 Å². The molecule has 96 valence electrons. The number of rotatable bonds is 5. The van der Waals surface area contributed by atoms with E-state index in [1.54, 1.807) is 25.2 Å². The van der Waals surface area contributed by atoms with Crippen molar-refractivity contribution in [3.63, 3.8) is 0 Å². The monoisotopic (exact) mass is 264 g/mol. The molecule has 18 heavy (non-hydrogen) atoms. The van der Waals surface area contributed by atoms with Crippen molar-refractivity contribution in [2.75, 3.05) is 7.05 Å². The molecular formula is C14H17ClN2O. The van der Waals surface area contributed by atoms with Crippen molar-refractivity contribution in [1.82, 2.24) is 4.90 Å². The van der Waals surface area contributed by atoms with Crippen molar-refractivity contribution in [1.29, 1.82) is 5.26 Å². The van der Waals surface area contributed by atoms with Gasteiger partial charge >= 0.3 is 0 Å². The van der Waals surface area contributed by atoms with Crippen LogP contribution in [0.25, 0.3) is 0 Å². The fourth-order valence-corrected chi connectivity index (χ4v) is 1.91. The van der Waals surface area contributed by atoms with Crippen LogP contribution in [0.3, 0.4) is 0 Å². The molecule has 0 bridgehead atoms. The Hall–Kier alpha value is -1.53. The molecule has 0 aliphatic carbocycles. The summed E-state index contributed by atoms with van der Waals surface area (Å²) in [6.45, 7) is 2.03. The molecule has 0 saturated carbocycles. The second-order valence-corrected chi connectivity index (χ2v) is 4.63. The molecule has 1 aromatic rings. The molecule has 0 N–H and O–H groups in total. The van der Waals surface area contributed by atoms with Crippen LogP contribution in [0.4, 0.5) is 0 Å². The first kappa shape index (κ1) is 14.5. The van der Waals surface area contributed by atoms with E-state index in [0.717, 1.165) is 18.4 Å². The van der Waals surface area contributed by atoms with Crippen LogP contribution in [-0.2, 0) is 4.79 Å². The molecule has 4 heteroatoms. The van der Waals surface area contributed by atoms with Gasteiger partial charge < -0.3 is 4.90 Å². The average molecular weight is 265 g/mol. The third kappa shape index (κ3) is 3.75. The summed E-state index contributed by atoms with van der Waals surface area (Å²) < 4.78 is 0. The summed E-state index contributed by atoms with van der Waals surface area (Å²) in [6, 6.07) is 8.64. The van der Waals surface area contributed by atoms with Gasteiger partial charge in [-0.05, 0) is 24.1 Å². The molecule has 1 rings (SSSR count). The summed E-state index contributed by atoms with van der Waals surface area (Å²) >= 11 is 5.90. The van der Waals surface area contributed by atoms with Gasteiger partial charge in [0.25, 0.3) is 0 Å². The summed E-state index contributed by atoms with van der Waals surface area (Å²) in [6.07, 6.45) is 2.29. The Bertz CT molecular complexity index is 453. The Morgan fingerprint density at radius 2 is 2.28 bits per heavy atom. The summed E-state index contributed by atoms with van der Waals surface area (Å²) in [4.78, 5) is 13.4. The van der Waals surface area contributed by atoms with E-state index < -0.39 is 6.04 Å². The highest BCUT2D eigenvalue weighted by molar-refractivity contribution is 6.30. The van der Waals surface area contributed by atoms with E-state index >= 15 is 0 Å². The standard InChI is InChI=1S/C14H17ClN2O/c1-3-4-8-14(18)17(2)13(10-16)11-6-5-7-12(15)9-11/h5-7,9,13H,3-4,8H2,1-2H3. The minimum Gasteiger partial charge on any atom is -0.326 e. The lowest BCUT2D eigenvalue weighted by atomic mass is 10.1. The lowest BCUT2D eigenvalue weighted by Gasteiger charge is -2.23. The molecule has 0 fully saturated rings. The molecule has 0 radical (unpaired) electrons. The van der Waals surface area contributed by atoms with Gasteiger partial charge in [0.15, 0.2) is 0 Å². The normalized spacial score (nSPS) is 11.7. The summed E-state index contributed by atoms with van der Waals surface area (Å²) in [5, 5.41) is 9.80. The van der Waals surface area contributed by atoms with E-state index in [1.807, 2.05) is 13.0 Å². The number of amides is 1. The third-order valence-electron chi connectivity index (χ3n) is 2.81. The maximum Gasteiger partial charge on any atom is 0.223 e. The minimum atomic E-state index is -0.576. The Morgan fingerprint density at radius 3 is 2.83 bits per heavy atom. The van der Waals surface area contributed by atoms with Gasteiger partial charge in [0.2, 0.25) is 5.91 Å². The first-order valence-electron chi connectivity index (χ1n) is 6.01. The lowest BCUT2D eigenvalue weighted by molar-refractivity contribution is -0.131.